The van der Waals surface area contributed by atoms with Crippen LogP contribution in [0.15, 0.2) is 54.6 Å². The number of rotatable bonds is 6. The molecule has 5 heteroatoms. The first-order valence-corrected chi connectivity index (χ1v) is 10.8. The summed E-state index contributed by atoms with van der Waals surface area (Å²) in [7, 11) is 0. The zero-order valence-corrected chi connectivity index (χ0v) is 16.9. The molecule has 1 fully saturated rings. The molecule has 1 aliphatic carbocycles. The maximum absolute atomic E-state index is 14.1. The van der Waals surface area contributed by atoms with Crippen LogP contribution in [-0.2, 0) is 13.1 Å². The van der Waals surface area contributed by atoms with Crippen molar-refractivity contribution < 1.29 is 4.39 Å². The molecule has 1 heterocycles. The van der Waals surface area contributed by atoms with Crippen LogP contribution in [0.3, 0.4) is 0 Å². The second-order valence-corrected chi connectivity index (χ2v) is 7.91. The van der Waals surface area contributed by atoms with E-state index in [4.69, 9.17) is 10.2 Å². The summed E-state index contributed by atoms with van der Waals surface area (Å²) < 4.78 is 14.1. The van der Waals surface area contributed by atoms with Crippen LogP contribution >= 0.6 is 0 Å². The Bertz CT molecular complexity index is 898. The second kappa shape index (κ2) is 9.79. The molecule has 4 rings (SSSR count). The lowest BCUT2D eigenvalue weighted by Crippen LogP contribution is -2.29. The average molecular weight is 393 g/mol. The van der Waals surface area contributed by atoms with Crippen molar-refractivity contribution in [2.75, 3.05) is 0 Å². The van der Waals surface area contributed by atoms with Gasteiger partial charge in [-0.05, 0) is 18.9 Å². The van der Waals surface area contributed by atoms with Gasteiger partial charge in [-0.25, -0.2) is 4.39 Å². The van der Waals surface area contributed by atoms with Crippen LogP contribution in [0.4, 0.5) is 4.39 Å². The first-order valence-electron chi connectivity index (χ1n) is 10.8. The Morgan fingerprint density at radius 2 is 1.55 bits per heavy atom. The normalized spacial score (nSPS) is 15.8. The SMILES string of the molecule is Fc1ccccc1Cn1nc(CNC2CCCCCCC2)c(-c2ccccc2)n1. The van der Waals surface area contributed by atoms with E-state index in [1.165, 1.54) is 51.0 Å². The Hall–Kier alpha value is -2.53. The molecule has 0 amide bonds. The van der Waals surface area contributed by atoms with Gasteiger partial charge in [0.15, 0.2) is 0 Å². The van der Waals surface area contributed by atoms with Crippen molar-refractivity contribution in [3.8, 4) is 11.3 Å². The van der Waals surface area contributed by atoms with Crippen molar-refractivity contribution in [1.29, 1.82) is 0 Å². The molecule has 4 nitrogen and oxygen atoms in total. The molecule has 152 valence electrons. The van der Waals surface area contributed by atoms with Crippen molar-refractivity contribution in [1.82, 2.24) is 20.3 Å². The highest BCUT2D eigenvalue weighted by atomic mass is 19.1. The Morgan fingerprint density at radius 3 is 2.31 bits per heavy atom. The minimum Gasteiger partial charge on any atom is -0.308 e. The second-order valence-electron chi connectivity index (χ2n) is 7.91. The van der Waals surface area contributed by atoms with Gasteiger partial charge in [0.05, 0.1) is 6.54 Å². The number of nitrogens with one attached hydrogen (secondary N) is 1. The van der Waals surface area contributed by atoms with Gasteiger partial charge in [0.1, 0.15) is 17.2 Å². The standard InChI is InChI=1S/C24H29FN4/c25-22-16-10-9-13-20(22)18-29-27-23(24(28-29)19-11-5-4-6-12-19)17-26-21-14-7-2-1-3-8-15-21/h4-6,9-13,16,21,26H,1-3,7-8,14-15,17-18H2. The van der Waals surface area contributed by atoms with Gasteiger partial charge < -0.3 is 5.32 Å². The molecule has 0 aliphatic heterocycles. The smallest absolute Gasteiger partial charge is 0.128 e. The fourth-order valence-corrected chi connectivity index (χ4v) is 4.07. The molecule has 0 saturated heterocycles. The molecule has 0 atom stereocenters. The van der Waals surface area contributed by atoms with Crippen molar-refractivity contribution in [3.63, 3.8) is 0 Å². The van der Waals surface area contributed by atoms with Crippen LogP contribution in [0.1, 0.15) is 56.2 Å². The molecule has 2 aromatic carbocycles. The first-order chi connectivity index (χ1) is 14.3. The monoisotopic (exact) mass is 392 g/mol. The van der Waals surface area contributed by atoms with Gasteiger partial charge in [0.25, 0.3) is 0 Å². The van der Waals surface area contributed by atoms with Crippen LogP contribution in [-0.4, -0.2) is 21.0 Å². The Kier molecular flexibility index (Phi) is 6.67. The van der Waals surface area contributed by atoms with Crippen molar-refractivity contribution >= 4 is 0 Å². The Balaban J connectivity index is 1.54. The fraction of sp³-hybridized carbons (Fsp3) is 0.417. The third-order valence-corrected chi connectivity index (χ3v) is 5.71. The average Bonchev–Trinajstić information content (AvgIpc) is 3.12. The lowest BCUT2D eigenvalue weighted by Gasteiger charge is -2.20. The summed E-state index contributed by atoms with van der Waals surface area (Å²) in [5.41, 5.74) is 3.44. The summed E-state index contributed by atoms with van der Waals surface area (Å²) in [5.74, 6) is -0.222. The number of hydrogen-bond acceptors (Lipinski definition) is 3. The maximum atomic E-state index is 14.1. The molecule has 29 heavy (non-hydrogen) atoms. The van der Waals surface area contributed by atoms with Gasteiger partial charge in [0, 0.05) is 23.7 Å². The summed E-state index contributed by atoms with van der Waals surface area (Å²) >= 11 is 0. The predicted molar refractivity (Wildman–Crippen MR) is 114 cm³/mol. The first kappa shape index (κ1) is 19.8. The van der Waals surface area contributed by atoms with Gasteiger partial charge in [-0.1, -0.05) is 80.6 Å². The molecule has 1 saturated carbocycles. The van der Waals surface area contributed by atoms with E-state index in [1.807, 2.05) is 24.3 Å². The zero-order chi connectivity index (χ0) is 19.9. The van der Waals surface area contributed by atoms with E-state index in [-0.39, 0.29) is 5.82 Å². The number of nitrogens with zero attached hydrogens (tertiary/aromatic N) is 3. The summed E-state index contributed by atoms with van der Waals surface area (Å²) in [6.07, 6.45) is 9.09. The van der Waals surface area contributed by atoms with E-state index in [9.17, 15) is 4.39 Å². The number of halogens is 1. The highest BCUT2D eigenvalue weighted by molar-refractivity contribution is 5.60. The number of aromatic nitrogens is 3. The summed E-state index contributed by atoms with van der Waals surface area (Å²) in [4.78, 5) is 1.62. The van der Waals surface area contributed by atoms with E-state index in [2.05, 4.69) is 17.4 Å². The van der Waals surface area contributed by atoms with E-state index in [0.29, 0.717) is 24.7 Å². The largest absolute Gasteiger partial charge is 0.308 e. The lowest BCUT2D eigenvalue weighted by molar-refractivity contribution is 0.387. The van der Waals surface area contributed by atoms with Crippen LogP contribution in [0.25, 0.3) is 11.3 Å². The van der Waals surface area contributed by atoms with Crippen molar-refractivity contribution in [2.24, 2.45) is 0 Å². The molecule has 1 N–H and O–H groups in total. The molecule has 1 aliphatic rings. The van der Waals surface area contributed by atoms with Gasteiger partial charge in [-0.2, -0.15) is 15.0 Å². The summed E-state index contributed by atoms with van der Waals surface area (Å²) in [5, 5.41) is 13.2. The molecular weight excluding hydrogens is 363 g/mol. The van der Waals surface area contributed by atoms with E-state index < -0.39 is 0 Å². The van der Waals surface area contributed by atoms with Gasteiger partial charge in [-0.3, -0.25) is 0 Å². The Labute approximate surface area is 172 Å². The molecule has 0 unspecified atom stereocenters. The van der Waals surface area contributed by atoms with Gasteiger partial charge >= 0.3 is 0 Å². The summed E-state index contributed by atoms with van der Waals surface area (Å²) in [6, 6.07) is 17.5. The Morgan fingerprint density at radius 1 is 0.862 bits per heavy atom. The third kappa shape index (κ3) is 5.30. The quantitative estimate of drug-likeness (QED) is 0.616. The van der Waals surface area contributed by atoms with Crippen LogP contribution < -0.4 is 5.32 Å². The van der Waals surface area contributed by atoms with E-state index in [1.54, 1.807) is 16.9 Å². The highest BCUT2D eigenvalue weighted by Gasteiger charge is 2.17. The molecule has 0 bridgehead atoms. The van der Waals surface area contributed by atoms with E-state index in [0.717, 1.165) is 17.0 Å². The minimum atomic E-state index is -0.222. The zero-order valence-electron chi connectivity index (χ0n) is 16.9. The molecule has 0 spiro atoms. The van der Waals surface area contributed by atoms with Crippen molar-refractivity contribution in [2.45, 2.75) is 64.1 Å². The molecular formula is C24H29FN4. The molecule has 3 aromatic rings. The van der Waals surface area contributed by atoms with Gasteiger partial charge in [-0.15, -0.1) is 0 Å². The summed E-state index contributed by atoms with van der Waals surface area (Å²) in [6.45, 7) is 1.02. The van der Waals surface area contributed by atoms with Crippen LogP contribution in [0.5, 0.6) is 0 Å². The number of benzene rings is 2. The third-order valence-electron chi connectivity index (χ3n) is 5.71. The number of hydrogen-bond donors (Lipinski definition) is 1. The van der Waals surface area contributed by atoms with Crippen molar-refractivity contribution in [3.05, 3.63) is 71.7 Å². The highest BCUT2D eigenvalue weighted by Crippen LogP contribution is 2.22. The van der Waals surface area contributed by atoms with Crippen LogP contribution in [0, 0.1) is 5.82 Å². The molecule has 0 radical (unpaired) electrons. The van der Waals surface area contributed by atoms with Crippen LogP contribution in [0.2, 0.25) is 0 Å². The minimum absolute atomic E-state index is 0.222. The van der Waals surface area contributed by atoms with E-state index >= 15 is 0 Å². The maximum Gasteiger partial charge on any atom is 0.128 e. The molecule has 1 aromatic heterocycles. The van der Waals surface area contributed by atoms with Gasteiger partial charge in [0.2, 0.25) is 0 Å². The predicted octanol–water partition coefficient (Wildman–Crippen LogP) is 5.34. The lowest BCUT2D eigenvalue weighted by atomic mass is 9.96. The fourth-order valence-electron chi connectivity index (χ4n) is 4.07. The topological polar surface area (TPSA) is 42.7 Å².